The van der Waals surface area contributed by atoms with Crippen molar-refractivity contribution in [2.45, 2.75) is 39.8 Å². The molecule has 0 unspecified atom stereocenters. The summed E-state index contributed by atoms with van der Waals surface area (Å²) in [6, 6.07) is 0. The molecule has 1 aromatic rings. The van der Waals surface area contributed by atoms with E-state index in [2.05, 4.69) is 16.8 Å². The van der Waals surface area contributed by atoms with E-state index in [1.54, 1.807) is 16.4 Å². The standard InChI is InChI=1S/C19H26N4O5/c1-6-7-8-23-15(16(25)27-5)14(13-24)20-17(23)21-9-11-22(12-10-21)18(26)28-19(2,3)4/h13H,8-12H2,1-5H3. The summed E-state index contributed by atoms with van der Waals surface area (Å²) in [6.45, 7) is 9.18. The van der Waals surface area contributed by atoms with Crippen molar-refractivity contribution in [1.29, 1.82) is 0 Å². The van der Waals surface area contributed by atoms with Gasteiger partial charge in [-0.05, 0) is 27.7 Å². The van der Waals surface area contributed by atoms with Crippen molar-refractivity contribution in [2.75, 3.05) is 38.2 Å². The molecule has 0 saturated carbocycles. The van der Waals surface area contributed by atoms with Crippen molar-refractivity contribution < 1.29 is 23.9 Å². The lowest BCUT2D eigenvalue weighted by molar-refractivity contribution is 0.0240. The number of rotatable bonds is 4. The number of carbonyl (C=O) groups excluding carboxylic acids is 3. The number of hydrogen-bond donors (Lipinski definition) is 0. The molecule has 1 aromatic heterocycles. The topological polar surface area (TPSA) is 94.0 Å². The number of piperazine rings is 1. The van der Waals surface area contributed by atoms with Crippen LogP contribution in [0.4, 0.5) is 10.7 Å². The lowest BCUT2D eigenvalue weighted by Gasteiger charge is -2.36. The summed E-state index contributed by atoms with van der Waals surface area (Å²) in [4.78, 5) is 43.7. The number of hydrogen-bond acceptors (Lipinski definition) is 7. The molecule has 1 saturated heterocycles. The first kappa shape index (κ1) is 21.3. The van der Waals surface area contributed by atoms with E-state index in [1.165, 1.54) is 7.11 Å². The largest absolute Gasteiger partial charge is 0.464 e. The van der Waals surface area contributed by atoms with E-state index in [0.717, 1.165) is 0 Å². The van der Waals surface area contributed by atoms with Crippen LogP contribution >= 0.6 is 0 Å². The molecule has 152 valence electrons. The van der Waals surface area contributed by atoms with E-state index >= 15 is 0 Å². The average Bonchev–Trinajstić information content (AvgIpc) is 3.03. The maximum Gasteiger partial charge on any atom is 0.410 e. The van der Waals surface area contributed by atoms with Gasteiger partial charge in [0.15, 0.2) is 12.0 Å². The predicted molar refractivity (Wildman–Crippen MR) is 102 cm³/mol. The highest BCUT2D eigenvalue weighted by molar-refractivity contribution is 5.96. The van der Waals surface area contributed by atoms with Gasteiger partial charge in [0.05, 0.1) is 13.7 Å². The Morgan fingerprint density at radius 2 is 1.86 bits per heavy atom. The smallest absolute Gasteiger partial charge is 0.410 e. The molecule has 0 aromatic carbocycles. The molecule has 2 heterocycles. The summed E-state index contributed by atoms with van der Waals surface area (Å²) >= 11 is 0. The Bertz CT molecular complexity index is 805. The molecule has 9 heteroatoms. The fraction of sp³-hybridized carbons (Fsp3) is 0.579. The van der Waals surface area contributed by atoms with Gasteiger partial charge in [0.1, 0.15) is 11.3 Å². The summed E-state index contributed by atoms with van der Waals surface area (Å²) in [5, 5.41) is 0. The minimum Gasteiger partial charge on any atom is -0.464 e. The normalized spacial score (nSPS) is 14.2. The molecular weight excluding hydrogens is 364 g/mol. The van der Waals surface area contributed by atoms with Crippen molar-refractivity contribution in [1.82, 2.24) is 14.5 Å². The fourth-order valence-corrected chi connectivity index (χ4v) is 2.82. The summed E-state index contributed by atoms with van der Waals surface area (Å²) < 4.78 is 11.8. The van der Waals surface area contributed by atoms with Gasteiger partial charge in [-0.15, -0.1) is 5.92 Å². The molecule has 0 N–H and O–H groups in total. The van der Waals surface area contributed by atoms with Crippen molar-refractivity contribution in [2.24, 2.45) is 0 Å². The Morgan fingerprint density at radius 1 is 1.21 bits per heavy atom. The van der Waals surface area contributed by atoms with Crippen molar-refractivity contribution in [3.8, 4) is 11.8 Å². The monoisotopic (exact) mass is 390 g/mol. The zero-order valence-electron chi connectivity index (χ0n) is 16.9. The molecule has 0 atom stereocenters. The predicted octanol–water partition coefficient (Wildman–Crippen LogP) is 1.56. The van der Waals surface area contributed by atoms with Gasteiger partial charge < -0.3 is 19.3 Å². The number of ether oxygens (including phenoxy) is 2. The molecule has 0 radical (unpaired) electrons. The SMILES string of the molecule is CC#CCn1c(N2CCN(C(=O)OC(C)(C)C)CC2)nc(C=O)c1C(=O)OC. The van der Waals surface area contributed by atoms with Gasteiger partial charge in [-0.2, -0.15) is 0 Å². The first-order valence-corrected chi connectivity index (χ1v) is 8.98. The number of imidazole rings is 1. The van der Waals surface area contributed by atoms with Crippen LogP contribution < -0.4 is 4.90 Å². The number of methoxy groups -OCH3 is 1. The average molecular weight is 390 g/mol. The van der Waals surface area contributed by atoms with Gasteiger partial charge in [0, 0.05) is 26.2 Å². The molecule has 0 aliphatic carbocycles. The van der Waals surface area contributed by atoms with E-state index in [4.69, 9.17) is 9.47 Å². The van der Waals surface area contributed by atoms with Gasteiger partial charge in [-0.1, -0.05) is 5.92 Å². The fourth-order valence-electron chi connectivity index (χ4n) is 2.82. The van der Waals surface area contributed by atoms with Crippen LogP contribution in [0.3, 0.4) is 0 Å². The summed E-state index contributed by atoms with van der Waals surface area (Å²) in [7, 11) is 1.25. The molecule has 0 spiro atoms. The Hall–Kier alpha value is -3.02. The van der Waals surface area contributed by atoms with Gasteiger partial charge in [-0.3, -0.25) is 9.36 Å². The van der Waals surface area contributed by atoms with Crippen LogP contribution in [0.15, 0.2) is 0 Å². The number of aromatic nitrogens is 2. The lowest BCUT2D eigenvalue weighted by Crippen LogP contribution is -2.50. The summed E-state index contributed by atoms with van der Waals surface area (Å²) in [5.41, 5.74) is -0.475. The summed E-state index contributed by atoms with van der Waals surface area (Å²) in [6.07, 6.45) is 0.166. The highest BCUT2D eigenvalue weighted by Gasteiger charge is 2.30. The first-order valence-electron chi connectivity index (χ1n) is 8.98. The van der Waals surface area contributed by atoms with Crippen LogP contribution in [-0.4, -0.2) is 71.7 Å². The number of carbonyl (C=O) groups is 3. The van der Waals surface area contributed by atoms with Crippen LogP contribution in [0, 0.1) is 11.8 Å². The summed E-state index contributed by atoms with van der Waals surface area (Å²) in [5.74, 6) is 5.47. The maximum atomic E-state index is 12.2. The Morgan fingerprint density at radius 3 is 2.36 bits per heavy atom. The molecule has 2 rings (SSSR count). The third-order valence-electron chi connectivity index (χ3n) is 4.09. The van der Waals surface area contributed by atoms with E-state index < -0.39 is 11.6 Å². The highest BCUT2D eigenvalue weighted by atomic mass is 16.6. The minimum absolute atomic E-state index is 0.00863. The molecule has 0 bridgehead atoms. The Labute approximate surface area is 164 Å². The second-order valence-electron chi connectivity index (χ2n) is 7.22. The molecule has 28 heavy (non-hydrogen) atoms. The second-order valence-corrected chi connectivity index (χ2v) is 7.22. The molecule has 1 aliphatic rings. The number of esters is 1. The third-order valence-corrected chi connectivity index (χ3v) is 4.09. The lowest BCUT2D eigenvalue weighted by atomic mass is 10.2. The van der Waals surface area contributed by atoms with E-state index in [-0.39, 0.29) is 24.0 Å². The molecular formula is C19H26N4O5. The zero-order chi connectivity index (χ0) is 20.9. The Kier molecular flexibility index (Phi) is 6.67. The van der Waals surface area contributed by atoms with E-state index in [9.17, 15) is 14.4 Å². The quantitative estimate of drug-likeness (QED) is 0.437. The number of aldehydes is 1. The molecule has 1 fully saturated rings. The van der Waals surface area contributed by atoms with Crippen molar-refractivity contribution in [3.63, 3.8) is 0 Å². The van der Waals surface area contributed by atoms with Gasteiger partial charge >= 0.3 is 12.1 Å². The third kappa shape index (κ3) is 4.82. The van der Waals surface area contributed by atoms with E-state index in [0.29, 0.717) is 38.4 Å². The minimum atomic E-state index is -0.647. The zero-order valence-corrected chi connectivity index (χ0v) is 16.9. The van der Waals surface area contributed by atoms with Gasteiger partial charge in [0.25, 0.3) is 0 Å². The van der Waals surface area contributed by atoms with Crippen LogP contribution in [-0.2, 0) is 16.0 Å². The molecule has 1 amide bonds. The first-order chi connectivity index (χ1) is 13.2. The number of nitrogens with zero attached hydrogens (tertiary/aromatic N) is 4. The molecule has 9 nitrogen and oxygen atoms in total. The van der Waals surface area contributed by atoms with Crippen LogP contribution in [0.1, 0.15) is 48.7 Å². The van der Waals surface area contributed by atoms with Crippen molar-refractivity contribution in [3.05, 3.63) is 11.4 Å². The molecule has 1 aliphatic heterocycles. The number of anilines is 1. The van der Waals surface area contributed by atoms with E-state index in [1.807, 2.05) is 25.7 Å². The van der Waals surface area contributed by atoms with Crippen LogP contribution in [0.25, 0.3) is 0 Å². The number of amides is 1. The van der Waals surface area contributed by atoms with Gasteiger partial charge in [-0.25, -0.2) is 14.6 Å². The van der Waals surface area contributed by atoms with Crippen molar-refractivity contribution >= 4 is 24.3 Å². The van der Waals surface area contributed by atoms with Crippen LogP contribution in [0.2, 0.25) is 0 Å². The second kappa shape index (κ2) is 8.78. The maximum absolute atomic E-state index is 12.2. The highest BCUT2D eigenvalue weighted by Crippen LogP contribution is 2.22. The van der Waals surface area contributed by atoms with Gasteiger partial charge in [0.2, 0.25) is 5.95 Å². The Balaban J connectivity index is 2.25. The van der Waals surface area contributed by atoms with Crippen LogP contribution in [0.5, 0.6) is 0 Å².